The van der Waals surface area contributed by atoms with Crippen molar-refractivity contribution in [2.24, 2.45) is 39.5 Å². The van der Waals surface area contributed by atoms with Crippen LogP contribution in [-0.2, 0) is 9.47 Å². The molecule has 0 N–H and O–H groups in total. The average Bonchev–Trinajstić information content (AvgIpc) is 3.69. The van der Waals surface area contributed by atoms with E-state index < -0.39 is 0 Å². The summed E-state index contributed by atoms with van der Waals surface area (Å²) in [5.74, 6) is 4.73. The maximum atomic E-state index is 5.88. The molecule has 170 valence electrons. The van der Waals surface area contributed by atoms with Gasteiger partial charge in [-0.25, -0.2) is 4.99 Å². The molecule has 0 aromatic rings. The second-order valence-electron chi connectivity index (χ2n) is 10.8. The Bertz CT molecular complexity index is 639. The molecule has 8 atom stereocenters. The number of aliphatic imine (C=N–C) groups is 1. The van der Waals surface area contributed by atoms with E-state index in [9.17, 15) is 0 Å². The lowest BCUT2D eigenvalue weighted by Crippen LogP contribution is -2.13. The highest BCUT2D eigenvalue weighted by molar-refractivity contribution is 5.86. The Balaban J connectivity index is 0.00000124. The van der Waals surface area contributed by atoms with E-state index in [-0.39, 0.29) is 11.5 Å². The molecular formula is C27H45NO2. The van der Waals surface area contributed by atoms with Crippen molar-refractivity contribution in [1.82, 2.24) is 0 Å². The molecule has 0 bridgehead atoms. The molecule has 3 aliphatic carbocycles. The van der Waals surface area contributed by atoms with Gasteiger partial charge in [-0.2, -0.15) is 0 Å². The van der Waals surface area contributed by atoms with Gasteiger partial charge in [-0.05, 0) is 80.5 Å². The van der Waals surface area contributed by atoms with Crippen molar-refractivity contribution >= 4 is 5.90 Å². The lowest BCUT2D eigenvalue weighted by atomic mass is 9.94. The summed E-state index contributed by atoms with van der Waals surface area (Å²) in [5, 5.41) is 0. The Morgan fingerprint density at radius 2 is 2.03 bits per heavy atom. The molecule has 30 heavy (non-hydrogen) atoms. The number of hydrogen-bond acceptors (Lipinski definition) is 3. The standard InChI is InChI=1S/C25H41NO2.C2H4/c1-6-20(27-5)11-12-24(3)15-22(24)21-13-18(21)9-7-8-10-19-16-28-23(26-19)25(4)14-17(25)2;1-2/h8,10,17-22H,6-7,9,11-16H2,1-5H3;1-2H2/b10-8-;/t17?,18-,19+,20-,21-,22+,24-,25-;/m0./s1. The Labute approximate surface area is 185 Å². The highest BCUT2D eigenvalue weighted by Crippen LogP contribution is 2.67. The van der Waals surface area contributed by atoms with Crippen molar-refractivity contribution in [2.45, 2.75) is 91.2 Å². The van der Waals surface area contributed by atoms with Gasteiger partial charge in [0.1, 0.15) is 12.6 Å². The minimum absolute atomic E-state index is 0.237. The fourth-order valence-electron chi connectivity index (χ4n) is 5.71. The first kappa shape index (κ1) is 23.6. The largest absolute Gasteiger partial charge is 0.478 e. The topological polar surface area (TPSA) is 30.8 Å². The molecule has 1 heterocycles. The third-order valence-electron chi connectivity index (χ3n) is 8.62. The molecule has 0 saturated heterocycles. The number of nitrogens with zero attached hydrogens (tertiary/aromatic N) is 1. The van der Waals surface area contributed by atoms with Crippen LogP contribution in [0.2, 0.25) is 0 Å². The van der Waals surface area contributed by atoms with Crippen molar-refractivity contribution in [2.75, 3.05) is 13.7 Å². The zero-order chi connectivity index (χ0) is 21.9. The van der Waals surface area contributed by atoms with E-state index in [0.717, 1.165) is 42.6 Å². The number of methoxy groups -OCH3 is 1. The van der Waals surface area contributed by atoms with Gasteiger partial charge in [0.15, 0.2) is 5.90 Å². The first-order valence-electron chi connectivity index (χ1n) is 12.3. The monoisotopic (exact) mass is 415 g/mol. The van der Waals surface area contributed by atoms with Crippen LogP contribution in [-0.4, -0.2) is 31.8 Å². The summed E-state index contributed by atoms with van der Waals surface area (Å²) in [7, 11) is 1.86. The molecule has 4 rings (SSSR count). The molecule has 0 radical (unpaired) electrons. The summed E-state index contributed by atoms with van der Waals surface area (Å²) in [6, 6.07) is 0.258. The predicted octanol–water partition coefficient (Wildman–Crippen LogP) is 6.84. The van der Waals surface area contributed by atoms with Gasteiger partial charge in [0.25, 0.3) is 0 Å². The molecular weight excluding hydrogens is 370 g/mol. The van der Waals surface area contributed by atoms with E-state index in [2.05, 4.69) is 53.0 Å². The Hall–Kier alpha value is -1.09. The second kappa shape index (κ2) is 9.59. The smallest absolute Gasteiger partial charge is 0.190 e. The van der Waals surface area contributed by atoms with Crippen molar-refractivity contribution in [3.05, 3.63) is 25.3 Å². The van der Waals surface area contributed by atoms with E-state index in [1.807, 2.05) is 7.11 Å². The molecule has 3 heteroatoms. The van der Waals surface area contributed by atoms with Gasteiger partial charge in [0, 0.05) is 12.5 Å². The molecule has 0 aromatic heterocycles. The summed E-state index contributed by atoms with van der Waals surface area (Å²) in [4.78, 5) is 4.82. The van der Waals surface area contributed by atoms with E-state index in [4.69, 9.17) is 14.5 Å². The first-order chi connectivity index (χ1) is 14.4. The van der Waals surface area contributed by atoms with Crippen LogP contribution in [0.1, 0.15) is 79.1 Å². The van der Waals surface area contributed by atoms with E-state index in [0.29, 0.717) is 11.5 Å². The summed E-state index contributed by atoms with van der Waals surface area (Å²) < 4.78 is 11.4. The van der Waals surface area contributed by atoms with E-state index in [1.165, 1.54) is 44.9 Å². The molecule has 0 aromatic carbocycles. The van der Waals surface area contributed by atoms with Crippen LogP contribution >= 0.6 is 0 Å². The fourth-order valence-corrected chi connectivity index (χ4v) is 5.71. The van der Waals surface area contributed by atoms with Crippen LogP contribution in [0.5, 0.6) is 0 Å². The van der Waals surface area contributed by atoms with Crippen molar-refractivity contribution in [1.29, 1.82) is 0 Å². The molecule has 3 fully saturated rings. The van der Waals surface area contributed by atoms with Gasteiger partial charge >= 0.3 is 0 Å². The van der Waals surface area contributed by atoms with E-state index in [1.54, 1.807) is 0 Å². The van der Waals surface area contributed by atoms with Gasteiger partial charge < -0.3 is 9.47 Å². The van der Waals surface area contributed by atoms with Gasteiger partial charge in [-0.3, -0.25) is 0 Å². The zero-order valence-electron chi connectivity index (χ0n) is 20.2. The third-order valence-corrected chi connectivity index (χ3v) is 8.62. The average molecular weight is 416 g/mol. The summed E-state index contributed by atoms with van der Waals surface area (Å²) >= 11 is 0. The predicted molar refractivity (Wildman–Crippen MR) is 127 cm³/mol. The van der Waals surface area contributed by atoms with Crippen molar-refractivity contribution in [3.8, 4) is 0 Å². The van der Waals surface area contributed by atoms with Crippen molar-refractivity contribution in [3.63, 3.8) is 0 Å². The van der Waals surface area contributed by atoms with Crippen LogP contribution in [0.3, 0.4) is 0 Å². The molecule has 3 nitrogen and oxygen atoms in total. The lowest BCUT2D eigenvalue weighted by molar-refractivity contribution is 0.0843. The number of ether oxygens (including phenoxy) is 2. The van der Waals surface area contributed by atoms with Crippen LogP contribution in [0.25, 0.3) is 0 Å². The molecule has 1 aliphatic heterocycles. The summed E-state index contributed by atoms with van der Waals surface area (Å²) in [5.41, 5.74) is 0.852. The molecule has 1 unspecified atom stereocenters. The summed E-state index contributed by atoms with van der Waals surface area (Å²) in [6.45, 7) is 16.1. The highest BCUT2D eigenvalue weighted by atomic mass is 16.5. The number of rotatable bonds is 11. The fraction of sp³-hybridized carbons (Fsp3) is 0.815. The maximum absolute atomic E-state index is 5.88. The second-order valence-corrected chi connectivity index (χ2v) is 10.8. The molecule has 0 amide bonds. The van der Waals surface area contributed by atoms with Gasteiger partial charge in [0.05, 0.1) is 6.10 Å². The zero-order valence-corrected chi connectivity index (χ0v) is 20.2. The maximum Gasteiger partial charge on any atom is 0.190 e. The normalized spacial score (nSPS) is 42.2. The first-order valence-corrected chi connectivity index (χ1v) is 12.3. The third kappa shape index (κ3) is 5.21. The number of hydrogen-bond donors (Lipinski definition) is 0. The van der Waals surface area contributed by atoms with Crippen LogP contribution in [0.15, 0.2) is 30.3 Å². The van der Waals surface area contributed by atoms with Gasteiger partial charge in [-0.15, -0.1) is 13.2 Å². The minimum Gasteiger partial charge on any atom is -0.478 e. The quantitative estimate of drug-likeness (QED) is 0.346. The minimum atomic E-state index is 0.237. The van der Waals surface area contributed by atoms with E-state index >= 15 is 0 Å². The Morgan fingerprint density at radius 1 is 1.30 bits per heavy atom. The molecule has 0 spiro atoms. The molecule has 4 aliphatic rings. The lowest BCUT2D eigenvalue weighted by Gasteiger charge is -2.17. The molecule has 3 saturated carbocycles. The van der Waals surface area contributed by atoms with Crippen LogP contribution in [0, 0.1) is 34.5 Å². The van der Waals surface area contributed by atoms with Crippen LogP contribution in [0.4, 0.5) is 0 Å². The van der Waals surface area contributed by atoms with Crippen LogP contribution < -0.4 is 0 Å². The van der Waals surface area contributed by atoms with Gasteiger partial charge in [0.2, 0.25) is 0 Å². The Kier molecular flexibility index (Phi) is 7.53. The SMILES string of the molecule is C=C.CC[C@@H](CC[C@@]1(C)C[C@@H]1[C@H]1C[C@@H]1CC/C=C\[C@@H]1COC([C@@]2(C)CC2C)=N1)OC. The summed E-state index contributed by atoms with van der Waals surface area (Å²) in [6.07, 6.45) is 15.6. The number of allylic oxidation sites excluding steroid dienone is 1. The highest BCUT2D eigenvalue weighted by Gasteiger charge is 2.59. The van der Waals surface area contributed by atoms with Crippen molar-refractivity contribution < 1.29 is 9.47 Å². The van der Waals surface area contributed by atoms with Gasteiger partial charge in [-0.1, -0.05) is 39.8 Å². The Morgan fingerprint density at radius 3 is 2.67 bits per heavy atom.